The fourth-order valence-electron chi connectivity index (χ4n) is 3.02. The van der Waals surface area contributed by atoms with Crippen LogP contribution in [0.15, 0.2) is 53.5 Å². The number of carbonyl (C=O) groups is 1. The van der Waals surface area contributed by atoms with Gasteiger partial charge >= 0.3 is 6.09 Å². The zero-order valence-electron chi connectivity index (χ0n) is 15.5. The van der Waals surface area contributed by atoms with Crippen molar-refractivity contribution in [3.63, 3.8) is 0 Å². The molecular weight excluding hydrogens is 406 g/mol. The van der Waals surface area contributed by atoms with Crippen LogP contribution in [-0.4, -0.2) is 70.9 Å². The Balaban J connectivity index is 2.57. The second kappa shape index (κ2) is 9.13. The summed E-state index contributed by atoms with van der Waals surface area (Å²) in [6.45, 7) is 3.95. The van der Waals surface area contributed by atoms with Gasteiger partial charge in [0.05, 0.1) is 30.2 Å². The third-order valence-corrected chi connectivity index (χ3v) is 6.08. The number of nitrogens with zero attached hydrogens (tertiary/aromatic N) is 3. The van der Waals surface area contributed by atoms with Gasteiger partial charge in [-0.3, -0.25) is 19.9 Å². The Morgan fingerprint density at radius 2 is 2.14 bits per heavy atom. The molecule has 0 spiro atoms. The summed E-state index contributed by atoms with van der Waals surface area (Å²) in [4.78, 5) is 27.7. The summed E-state index contributed by atoms with van der Waals surface area (Å²) >= 11 is 0. The van der Waals surface area contributed by atoms with Gasteiger partial charge in [-0.05, 0) is 13.0 Å². The van der Waals surface area contributed by atoms with Gasteiger partial charge < -0.3 is 10.2 Å². The molecule has 0 fully saturated rings. The van der Waals surface area contributed by atoms with Gasteiger partial charge in [0, 0.05) is 12.6 Å². The van der Waals surface area contributed by atoms with E-state index in [2.05, 4.69) is 6.58 Å². The number of hydroxylamine groups is 1. The van der Waals surface area contributed by atoms with E-state index in [-0.39, 0.29) is 13.2 Å². The minimum Gasteiger partial charge on any atom is -0.465 e. The molecule has 12 heteroatoms. The van der Waals surface area contributed by atoms with Crippen LogP contribution in [0, 0.1) is 10.1 Å². The molecule has 2 N–H and O–H groups in total. The van der Waals surface area contributed by atoms with Gasteiger partial charge in [-0.15, -0.1) is 6.58 Å². The predicted octanol–water partition coefficient (Wildman–Crippen LogP) is 1.37. The highest BCUT2D eigenvalue weighted by Gasteiger charge is 2.41. The molecule has 0 bridgehead atoms. The molecule has 1 amide bonds. The number of hydrogen-bond donors (Lipinski definition) is 2. The maximum absolute atomic E-state index is 13.2. The first-order chi connectivity index (χ1) is 13.6. The van der Waals surface area contributed by atoms with E-state index in [9.17, 15) is 33.5 Å². The van der Waals surface area contributed by atoms with Crippen molar-refractivity contribution in [2.24, 2.45) is 0 Å². The van der Waals surface area contributed by atoms with Crippen molar-refractivity contribution in [1.82, 2.24) is 9.37 Å². The van der Waals surface area contributed by atoms with Crippen LogP contribution in [0.3, 0.4) is 0 Å². The van der Waals surface area contributed by atoms with Crippen molar-refractivity contribution >= 4 is 21.8 Å². The molecule has 1 aliphatic heterocycles. The minimum absolute atomic E-state index is 0.236. The van der Waals surface area contributed by atoms with Crippen LogP contribution in [0.2, 0.25) is 0 Å². The molecule has 0 unspecified atom stereocenters. The maximum Gasteiger partial charge on any atom is 0.407 e. The third kappa shape index (κ3) is 4.62. The summed E-state index contributed by atoms with van der Waals surface area (Å²) in [5, 5.41) is 30.2. The molecule has 0 radical (unpaired) electrons. The highest BCUT2D eigenvalue weighted by Crippen LogP contribution is 2.30. The number of sulfonamides is 1. The molecule has 0 aliphatic carbocycles. The molecule has 11 nitrogen and oxygen atoms in total. The third-order valence-electron chi connectivity index (χ3n) is 4.33. The second-order valence-corrected chi connectivity index (χ2v) is 7.93. The number of hydrogen-bond acceptors (Lipinski definition) is 7. The average Bonchev–Trinajstić information content (AvgIpc) is 2.67. The Morgan fingerprint density at radius 3 is 2.69 bits per heavy atom. The van der Waals surface area contributed by atoms with Gasteiger partial charge in [0.25, 0.3) is 15.7 Å². The van der Waals surface area contributed by atoms with Crippen LogP contribution in [-0.2, 0) is 14.9 Å². The van der Waals surface area contributed by atoms with Crippen molar-refractivity contribution in [1.29, 1.82) is 0 Å². The molecule has 2 atom stereocenters. The van der Waals surface area contributed by atoms with Crippen molar-refractivity contribution in [2.45, 2.75) is 23.9 Å². The van der Waals surface area contributed by atoms with Crippen LogP contribution in [0.4, 0.5) is 10.5 Å². The smallest absolute Gasteiger partial charge is 0.407 e. The summed E-state index contributed by atoms with van der Waals surface area (Å²) < 4.78 is 27.0. The lowest BCUT2D eigenvalue weighted by atomic mass is 10.00. The van der Waals surface area contributed by atoms with Crippen LogP contribution in [0.25, 0.3) is 0 Å². The summed E-state index contributed by atoms with van der Waals surface area (Å²) in [5.41, 5.74) is -0.226. The molecule has 0 aromatic heterocycles. The first-order valence-corrected chi connectivity index (χ1v) is 9.89. The first kappa shape index (κ1) is 22.5. The summed E-state index contributed by atoms with van der Waals surface area (Å²) in [7, 11) is -4.55. The topological polar surface area (TPSA) is 151 Å². The summed E-state index contributed by atoms with van der Waals surface area (Å²) in [6.07, 6.45) is 1.39. The predicted molar refractivity (Wildman–Crippen MR) is 101 cm³/mol. The highest BCUT2D eigenvalue weighted by molar-refractivity contribution is 7.89. The van der Waals surface area contributed by atoms with E-state index in [4.69, 9.17) is 4.84 Å². The number of para-hydroxylation sites is 1. The first-order valence-electron chi connectivity index (χ1n) is 8.45. The molecule has 0 saturated heterocycles. The van der Waals surface area contributed by atoms with Crippen molar-refractivity contribution in [3.05, 3.63) is 58.7 Å². The van der Waals surface area contributed by atoms with E-state index in [0.29, 0.717) is 10.0 Å². The number of nitro benzene ring substituents is 1. The maximum atomic E-state index is 13.2. The number of nitro groups is 1. The molecule has 29 heavy (non-hydrogen) atoms. The Bertz CT molecular complexity index is 930. The van der Waals surface area contributed by atoms with E-state index in [1.807, 2.05) is 0 Å². The fraction of sp³-hybridized carbons (Fsp3) is 0.353. The Morgan fingerprint density at radius 1 is 1.48 bits per heavy atom. The zero-order chi connectivity index (χ0) is 21.8. The van der Waals surface area contributed by atoms with Crippen molar-refractivity contribution in [3.8, 4) is 0 Å². The van der Waals surface area contributed by atoms with Crippen LogP contribution >= 0.6 is 0 Å². The van der Waals surface area contributed by atoms with E-state index >= 15 is 0 Å². The number of rotatable bonds is 8. The van der Waals surface area contributed by atoms with Gasteiger partial charge in [-0.25, -0.2) is 13.2 Å². The fourth-order valence-corrected chi connectivity index (χ4v) is 4.55. The Kier molecular flexibility index (Phi) is 7.08. The average molecular weight is 427 g/mol. The van der Waals surface area contributed by atoms with Crippen molar-refractivity contribution < 1.29 is 33.2 Å². The van der Waals surface area contributed by atoms with Gasteiger partial charge in [-0.1, -0.05) is 34.3 Å². The summed E-state index contributed by atoms with van der Waals surface area (Å²) in [5.74, 6) is 0. The van der Waals surface area contributed by atoms with Crippen LogP contribution in [0.1, 0.15) is 6.92 Å². The van der Waals surface area contributed by atoms with E-state index in [1.54, 1.807) is 6.92 Å². The molecule has 2 rings (SSSR count). The molecule has 1 aliphatic rings. The minimum atomic E-state index is -4.55. The SMILES string of the molecule is C=CCON([C@@H]1C=C(C)[C@@H](CO)N(C(=O)O)C1)S(=O)(=O)c1ccccc1[N+](=O)[O-]. The molecule has 1 aromatic carbocycles. The normalized spacial score (nSPS) is 19.7. The molecule has 0 saturated carbocycles. The Labute approximate surface area is 167 Å². The lowest BCUT2D eigenvalue weighted by Gasteiger charge is -2.39. The number of aliphatic hydroxyl groups is 1. The standard InChI is InChI=1S/C17H21N3O8S/c1-3-8-28-20(13-9-12(2)15(11-21)18(10-13)17(22)23)29(26,27)16-7-5-4-6-14(16)19(24)25/h3-7,9,13,15,21H,1,8,10-11H2,2H3,(H,22,23)/t13-,15-/m1/s1. The van der Waals surface area contributed by atoms with Crippen LogP contribution in [0.5, 0.6) is 0 Å². The van der Waals surface area contributed by atoms with Crippen LogP contribution < -0.4 is 0 Å². The largest absolute Gasteiger partial charge is 0.465 e. The van der Waals surface area contributed by atoms with E-state index in [1.165, 1.54) is 24.3 Å². The number of carboxylic acid groups (broad SMARTS) is 1. The highest BCUT2D eigenvalue weighted by atomic mass is 32.2. The van der Waals surface area contributed by atoms with Gasteiger partial charge in [-0.2, -0.15) is 0 Å². The summed E-state index contributed by atoms with van der Waals surface area (Å²) in [6, 6.07) is 2.83. The quantitative estimate of drug-likeness (QED) is 0.359. The molecular formula is C17H21N3O8S. The number of amides is 1. The number of benzene rings is 1. The van der Waals surface area contributed by atoms with Crippen molar-refractivity contribution in [2.75, 3.05) is 19.8 Å². The lowest BCUT2D eigenvalue weighted by Crippen LogP contribution is -2.54. The van der Waals surface area contributed by atoms with E-state index < -0.39 is 50.3 Å². The van der Waals surface area contributed by atoms with Gasteiger partial charge in [0.15, 0.2) is 4.90 Å². The molecule has 1 aromatic rings. The lowest BCUT2D eigenvalue weighted by molar-refractivity contribution is -0.387. The second-order valence-electron chi connectivity index (χ2n) is 6.18. The Hall–Kier alpha value is -2.80. The number of aliphatic hydroxyl groups excluding tert-OH is 1. The van der Waals surface area contributed by atoms with Gasteiger partial charge in [0.2, 0.25) is 0 Å². The van der Waals surface area contributed by atoms with Gasteiger partial charge in [0.1, 0.15) is 0 Å². The molecule has 158 valence electrons. The monoisotopic (exact) mass is 427 g/mol. The zero-order valence-corrected chi connectivity index (χ0v) is 16.4. The van der Waals surface area contributed by atoms with E-state index in [0.717, 1.165) is 17.0 Å². The molecule has 1 heterocycles.